The third kappa shape index (κ3) is 2.37. The molecular formula is C16H17NO2S. The van der Waals surface area contributed by atoms with Crippen LogP contribution in [0.15, 0.2) is 41.1 Å². The molecule has 0 amide bonds. The topological polar surface area (TPSA) is 40.5 Å². The maximum atomic E-state index is 11.6. The van der Waals surface area contributed by atoms with E-state index in [1.165, 1.54) is 11.1 Å². The van der Waals surface area contributed by atoms with E-state index in [0.29, 0.717) is 13.0 Å². The maximum Gasteiger partial charge on any atom is 0.321 e. The Kier molecular flexibility index (Phi) is 3.59. The Labute approximate surface area is 122 Å². The molecule has 2 unspecified atom stereocenters. The minimum absolute atomic E-state index is 0.121. The van der Waals surface area contributed by atoms with Crippen LogP contribution in [0.3, 0.4) is 0 Å². The zero-order chi connectivity index (χ0) is 14.1. The van der Waals surface area contributed by atoms with Crippen molar-refractivity contribution in [2.24, 2.45) is 0 Å². The molecule has 1 aromatic heterocycles. The minimum atomic E-state index is -0.735. The van der Waals surface area contributed by atoms with E-state index in [2.05, 4.69) is 29.3 Å². The van der Waals surface area contributed by atoms with Crippen LogP contribution in [-0.4, -0.2) is 22.0 Å². The average molecular weight is 287 g/mol. The molecule has 0 saturated carbocycles. The molecule has 3 rings (SSSR count). The van der Waals surface area contributed by atoms with Crippen LogP contribution in [0, 0.1) is 0 Å². The number of rotatable bonds is 3. The van der Waals surface area contributed by atoms with Crippen molar-refractivity contribution in [2.45, 2.75) is 32.0 Å². The number of hydrogen-bond acceptors (Lipinski definition) is 3. The van der Waals surface area contributed by atoms with Gasteiger partial charge in [0, 0.05) is 12.6 Å². The highest BCUT2D eigenvalue weighted by Crippen LogP contribution is 2.32. The third-order valence-corrected chi connectivity index (χ3v) is 4.79. The van der Waals surface area contributed by atoms with Crippen LogP contribution in [0.1, 0.15) is 29.7 Å². The van der Waals surface area contributed by atoms with Crippen molar-refractivity contribution in [3.63, 3.8) is 0 Å². The van der Waals surface area contributed by atoms with Crippen LogP contribution < -0.4 is 0 Å². The highest BCUT2D eigenvalue weighted by atomic mass is 32.1. The zero-order valence-corrected chi connectivity index (χ0v) is 12.1. The van der Waals surface area contributed by atoms with Crippen molar-refractivity contribution in [3.05, 3.63) is 57.8 Å². The second kappa shape index (κ2) is 5.38. The highest BCUT2D eigenvalue weighted by Gasteiger charge is 2.34. The van der Waals surface area contributed by atoms with Gasteiger partial charge >= 0.3 is 5.97 Å². The molecule has 2 atom stereocenters. The zero-order valence-electron chi connectivity index (χ0n) is 11.3. The lowest BCUT2D eigenvalue weighted by atomic mass is 9.92. The average Bonchev–Trinajstić information content (AvgIpc) is 2.99. The molecule has 0 spiro atoms. The lowest BCUT2D eigenvalue weighted by molar-refractivity contribution is -0.145. The van der Waals surface area contributed by atoms with Crippen LogP contribution in [0.4, 0.5) is 0 Å². The van der Waals surface area contributed by atoms with Gasteiger partial charge < -0.3 is 5.11 Å². The van der Waals surface area contributed by atoms with E-state index in [1.54, 1.807) is 11.3 Å². The fourth-order valence-corrected chi connectivity index (χ4v) is 3.63. The largest absolute Gasteiger partial charge is 0.480 e. The normalized spacial score (nSPS) is 20.4. The minimum Gasteiger partial charge on any atom is -0.480 e. The molecule has 4 heteroatoms. The molecule has 1 N–H and O–H groups in total. The number of nitrogens with zero attached hydrogens (tertiary/aromatic N) is 1. The quantitative estimate of drug-likeness (QED) is 0.941. The maximum absolute atomic E-state index is 11.6. The summed E-state index contributed by atoms with van der Waals surface area (Å²) in [6.07, 6.45) is 0.583. The Bertz CT molecular complexity index is 609. The predicted molar refractivity (Wildman–Crippen MR) is 79.8 cm³/mol. The number of carboxylic acids is 1. The number of carbonyl (C=O) groups is 1. The first-order valence-corrected chi connectivity index (χ1v) is 7.68. The smallest absolute Gasteiger partial charge is 0.321 e. The van der Waals surface area contributed by atoms with Gasteiger partial charge in [0.25, 0.3) is 0 Å². The van der Waals surface area contributed by atoms with Crippen LogP contribution in [0.2, 0.25) is 0 Å². The van der Waals surface area contributed by atoms with Crippen LogP contribution in [-0.2, 0) is 17.8 Å². The van der Waals surface area contributed by atoms with Gasteiger partial charge in [0.15, 0.2) is 0 Å². The first-order valence-electron chi connectivity index (χ1n) is 6.74. The van der Waals surface area contributed by atoms with Crippen molar-refractivity contribution in [3.8, 4) is 0 Å². The molecule has 104 valence electrons. The number of fused-ring (bicyclic) bond motifs is 1. The van der Waals surface area contributed by atoms with E-state index in [0.717, 1.165) is 5.56 Å². The van der Waals surface area contributed by atoms with E-state index in [-0.39, 0.29) is 6.04 Å². The van der Waals surface area contributed by atoms with Crippen molar-refractivity contribution < 1.29 is 9.90 Å². The van der Waals surface area contributed by atoms with E-state index < -0.39 is 12.0 Å². The molecule has 1 aliphatic heterocycles. The molecular weight excluding hydrogens is 270 g/mol. The number of benzene rings is 1. The second-order valence-corrected chi connectivity index (χ2v) is 6.01. The summed E-state index contributed by atoms with van der Waals surface area (Å²) in [5.74, 6) is -0.735. The van der Waals surface area contributed by atoms with Crippen molar-refractivity contribution in [1.82, 2.24) is 4.90 Å². The Morgan fingerprint density at radius 1 is 1.35 bits per heavy atom. The second-order valence-electron chi connectivity index (χ2n) is 5.23. The summed E-state index contributed by atoms with van der Waals surface area (Å²) in [7, 11) is 0. The van der Waals surface area contributed by atoms with E-state index >= 15 is 0 Å². The Morgan fingerprint density at radius 3 is 2.75 bits per heavy atom. The van der Waals surface area contributed by atoms with Crippen LogP contribution >= 0.6 is 11.3 Å². The summed E-state index contributed by atoms with van der Waals surface area (Å²) in [5, 5.41) is 13.7. The molecule has 0 fully saturated rings. The fraction of sp³-hybridized carbons (Fsp3) is 0.312. The summed E-state index contributed by atoms with van der Waals surface area (Å²) >= 11 is 1.65. The van der Waals surface area contributed by atoms with Crippen molar-refractivity contribution in [2.75, 3.05) is 0 Å². The summed E-state index contributed by atoms with van der Waals surface area (Å²) in [6, 6.07) is 9.90. The monoisotopic (exact) mass is 287 g/mol. The number of carboxylic acid groups (broad SMARTS) is 1. The Morgan fingerprint density at radius 2 is 2.10 bits per heavy atom. The first kappa shape index (κ1) is 13.3. The molecule has 1 aromatic carbocycles. The fourth-order valence-electron chi connectivity index (χ4n) is 2.88. The molecule has 3 nitrogen and oxygen atoms in total. The molecule has 0 aliphatic carbocycles. The van der Waals surface area contributed by atoms with Gasteiger partial charge in [0.1, 0.15) is 6.04 Å². The van der Waals surface area contributed by atoms with Crippen molar-refractivity contribution >= 4 is 17.3 Å². The molecule has 1 aliphatic rings. The first-order chi connectivity index (χ1) is 9.66. The van der Waals surface area contributed by atoms with Gasteiger partial charge in [-0.15, -0.1) is 0 Å². The van der Waals surface area contributed by atoms with Gasteiger partial charge in [-0.3, -0.25) is 9.69 Å². The predicted octanol–water partition coefficient (Wildman–Crippen LogP) is 3.32. The number of thiophene rings is 1. The van der Waals surface area contributed by atoms with Crippen molar-refractivity contribution in [1.29, 1.82) is 0 Å². The van der Waals surface area contributed by atoms with E-state index in [4.69, 9.17) is 0 Å². The van der Waals surface area contributed by atoms with Crippen LogP contribution in [0.25, 0.3) is 0 Å². The molecule has 2 heterocycles. The van der Waals surface area contributed by atoms with Crippen LogP contribution in [0.5, 0.6) is 0 Å². The number of aliphatic carboxylic acids is 1. The van der Waals surface area contributed by atoms with E-state index in [1.807, 2.05) is 23.6 Å². The summed E-state index contributed by atoms with van der Waals surface area (Å²) in [5.41, 5.74) is 3.60. The SMILES string of the molecule is CC(c1ccsc1)N1Cc2ccccc2CC1C(=O)O. The van der Waals surface area contributed by atoms with Gasteiger partial charge in [-0.05, 0) is 46.9 Å². The summed E-state index contributed by atoms with van der Waals surface area (Å²) in [6.45, 7) is 2.79. The van der Waals surface area contributed by atoms with Gasteiger partial charge in [-0.1, -0.05) is 24.3 Å². The molecule has 20 heavy (non-hydrogen) atoms. The van der Waals surface area contributed by atoms with Gasteiger partial charge in [0.05, 0.1) is 0 Å². The third-order valence-electron chi connectivity index (χ3n) is 4.09. The van der Waals surface area contributed by atoms with E-state index in [9.17, 15) is 9.90 Å². The van der Waals surface area contributed by atoms with Gasteiger partial charge in [-0.25, -0.2) is 0 Å². The summed E-state index contributed by atoms with van der Waals surface area (Å²) < 4.78 is 0. The Balaban J connectivity index is 1.94. The number of hydrogen-bond donors (Lipinski definition) is 1. The molecule has 2 aromatic rings. The molecule has 0 bridgehead atoms. The Hall–Kier alpha value is -1.65. The lowest BCUT2D eigenvalue weighted by Crippen LogP contribution is -2.46. The molecule has 0 radical (unpaired) electrons. The standard InChI is InChI=1S/C16H17NO2S/c1-11(14-6-7-20-10-14)17-9-13-5-3-2-4-12(13)8-15(17)16(18)19/h2-7,10-11,15H,8-9H2,1H3,(H,18,19). The van der Waals surface area contributed by atoms with Gasteiger partial charge in [0.2, 0.25) is 0 Å². The lowest BCUT2D eigenvalue weighted by Gasteiger charge is -2.38. The summed E-state index contributed by atoms with van der Waals surface area (Å²) in [4.78, 5) is 13.7. The highest BCUT2D eigenvalue weighted by molar-refractivity contribution is 7.07. The molecule has 0 saturated heterocycles. The van der Waals surface area contributed by atoms with Gasteiger partial charge in [-0.2, -0.15) is 11.3 Å².